The average Bonchev–Trinajstić information content (AvgIpc) is 2.76. The van der Waals surface area contributed by atoms with Crippen LogP contribution < -0.4 is 5.32 Å². The van der Waals surface area contributed by atoms with E-state index >= 15 is 0 Å². The predicted octanol–water partition coefficient (Wildman–Crippen LogP) is 3.85. The summed E-state index contributed by atoms with van der Waals surface area (Å²) in [4.78, 5) is 27.6. The zero-order chi connectivity index (χ0) is 20.5. The summed E-state index contributed by atoms with van der Waals surface area (Å²) in [6.07, 6.45) is 1.39. The van der Waals surface area contributed by atoms with Gasteiger partial charge in [-0.3, -0.25) is 14.9 Å². The molecule has 7 nitrogen and oxygen atoms in total. The number of amides is 1. The first-order chi connectivity index (χ1) is 14.1. The van der Waals surface area contributed by atoms with Crippen molar-refractivity contribution in [3.8, 4) is 0 Å². The van der Waals surface area contributed by atoms with Crippen LogP contribution in [0.1, 0.15) is 22.7 Å². The summed E-state index contributed by atoms with van der Waals surface area (Å²) in [6.45, 7) is -0.250. The number of nitrogens with one attached hydrogen (secondary N) is 1. The van der Waals surface area contributed by atoms with Gasteiger partial charge in [0.15, 0.2) is 6.61 Å². The lowest BCUT2D eigenvalue weighted by Crippen LogP contribution is -2.31. The monoisotopic (exact) mass is 389 g/mol. The van der Waals surface area contributed by atoms with E-state index in [2.05, 4.69) is 10.5 Å². The predicted molar refractivity (Wildman–Crippen MR) is 110 cm³/mol. The van der Waals surface area contributed by atoms with Crippen LogP contribution in [0.4, 0.5) is 5.69 Å². The number of carbonyl (C=O) groups is 1. The first kappa shape index (κ1) is 19.8. The van der Waals surface area contributed by atoms with E-state index in [0.29, 0.717) is 5.56 Å². The molecule has 0 unspecified atom stereocenters. The standard InChI is InChI=1S/C22H19N3O4/c26-21(16-29-23-15-17-11-13-20(14-12-17)25(27)28)24-22(18-7-3-1-4-8-18)19-9-5-2-6-10-19/h1-15,22H,16H2,(H,24,26). The Balaban J connectivity index is 1.58. The van der Waals surface area contributed by atoms with Gasteiger partial charge in [0.25, 0.3) is 11.6 Å². The molecule has 0 radical (unpaired) electrons. The average molecular weight is 389 g/mol. The first-order valence-electron chi connectivity index (χ1n) is 8.92. The Morgan fingerprint density at radius 2 is 1.52 bits per heavy atom. The minimum Gasteiger partial charge on any atom is -0.386 e. The van der Waals surface area contributed by atoms with Crippen LogP contribution in [-0.2, 0) is 9.63 Å². The molecule has 0 bridgehead atoms. The number of benzene rings is 3. The molecule has 1 N–H and O–H groups in total. The van der Waals surface area contributed by atoms with Gasteiger partial charge in [0.05, 0.1) is 17.2 Å². The van der Waals surface area contributed by atoms with Gasteiger partial charge < -0.3 is 10.2 Å². The number of oxime groups is 1. The van der Waals surface area contributed by atoms with E-state index in [1.54, 1.807) is 12.1 Å². The molecule has 29 heavy (non-hydrogen) atoms. The van der Waals surface area contributed by atoms with Crippen LogP contribution in [0.3, 0.4) is 0 Å². The summed E-state index contributed by atoms with van der Waals surface area (Å²) < 4.78 is 0. The summed E-state index contributed by atoms with van der Waals surface area (Å²) >= 11 is 0. The number of hydrogen-bond donors (Lipinski definition) is 1. The van der Waals surface area contributed by atoms with Gasteiger partial charge in [-0.05, 0) is 28.8 Å². The summed E-state index contributed by atoms with van der Waals surface area (Å²) in [7, 11) is 0. The molecule has 7 heteroatoms. The topological polar surface area (TPSA) is 93.8 Å². The molecule has 0 spiro atoms. The minimum absolute atomic E-state index is 0.00434. The smallest absolute Gasteiger partial charge is 0.269 e. The molecule has 0 saturated carbocycles. The second kappa shape index (κ2) is 9.80. The number of hydrogen-bond acceptors (Lipinski definition) is 5. The highest BCUT2D eigenvalue weighted by atomic mass is 16.6. The van der Waals surface area contributed by atoms with Crippen molar-refractivity contribution in [3.63, 3.8) is 0 Å². The van der Waals surface area contributed by atoms with E-state index in [0.717, 1.165) is 11.1 Å². The highest BCUT2D eigenvalue weighted by Gasteiger charge is 2.16. The number of nitro benzene ring substituents is 1. The van der Waals surface area contributed by atoms with Crippen molar-refractivity contribution in [3.05, 3.63) is 112 Å². The first-order valence-corrected chi connectivity index (χ1v) is 8.92. The Hall–Kier alpha value is -4.00. The molecule has 3 aromatic rings. The normalized spacial score (nSPS) is 10.8. The number of nitrogens with zero attached hydrogens (tertiary/aromatic N) is 2. The van der Waals surface area contributed by atoms with Crippen LogP contribution in [0.25, 0.3) is 0 Å². The molecule has 0 aromatic heterocycles. The van der Waals surface area contributed by atoms with Gasteiger partial charge in [-0.25, -0.2) is 0 Å². The van der Waals surface area contributed by atoms with Gasteiger partial charge >= 0.3 is 0 Å². The zero-order valence-electron chi connectivity index (χ0n) is 15.5. The number of rotatable bonds is 8. The molecule has 0 saturated heterocycles. The van der Waals surface area contributed by atoms with E-state index in [4.69, 9.17) is 4.84 Å². The third kappa shape index (κ3) is 5.74. The van der Waals surface area contributed by atoms with E-state index in [9.17, 15) is 14.9 Å². The fourth-order valence-electron chi connectivity index (χ4n) is 2.73. The fourth-order valence-corrected chi connectivity index (χ4v) is 2.73. The maximum absolute atomic E-state index is 12.3. The van der Waals surface area contributed by atoms with Crippen molar-refractivity contribution >= 4 is 17.8 Å². The third-order valence-corrected chi connectivity index (χ3v) is 4.15. The second-order valence-corrected chi connectivity index (χ2v) is 6.18. The van der Waals surface area contributed by atoms with Crippen molar-refractivity contribution in [2.24, 2.45) is 5.16 Å². The number of nitro groups is 1. The molecule has 1 amide bonds. The van der Waals surface area contributed by atoms with Gasteiger partial charge in [-0.2, -0.15) is 0 Å². The molecule has 3 rings (SSSR count). The van der Waals surface area contributed by atoms with Crippen LogP contribution in [0.5, 0.6) is 0 Å². The Morgan fingerprint density at radius 3 is 2.03 bits per heavy atom. The SMILES string of the molecule is O=C(CON=Cc1ccc([N+](=O)[O-])cc1)NC(c1ccccc1)c1ccccc1. The van der Waals surface area contributed by atoms with E-state index in [-0.39, 0.29) is 24.2 Å². The molecule has 0 aliphatic rings. The van der Waals surface area contributed by atoms with Crippen molar-refractivity contribution < 1.29 is 14.6 Å². The summed E-state index contributed by atoms with van der Waals surface area (Å²) in [5, 5.41) is 17.4. The van der Waals surface area contributed by atoms with E-state index < -0.39 is 4.92 Å². The molecule has 0 atom stereocenters. The summed E-state index contributed by atoms with van der Waals surface area (Å²) in [5.41, 5.74) is 2.54. The summed E-state index contributed by atoms with van der Waals surface area (Å²) in [6, 6.07) is 24.9. The Bertz CT molecular complexity index is 934. The fraction of sp³-hybridized carbons (Fsp3) is 0.0909. The summed E-state index contributed by atoms with van der Waals surface area (Å²) in [5.74, 6) is -0.316. The quantitative estimate of drug-likeness (QED) is 0.360. The lowest BCUT2D eigenvalue weighted by Gasteiger charge is -2.19. The van der Waals surface area contributed by atoms with Crippen LogP contribution in [0.2, 0.25) is 0 Å². The van der Waals surface area contributed by atoms with Crippen molar-refractivity contribution in [2.45, 2.75) is 6.04 Å². The molecule has 3 aromatic carbocycles. The molecule has 146 valence electrons. The van der Waals surface area contributed by atoms with Gasteiger partial charge in [0, 0.05) is 12.1 Å². The Morgan fingerprint density at radius 1 is 0.966 bits per heavy atom. The Labute approximate surface area is 167 Å². The Kier molecular flexibility index (Phi) is 6.67. The lowest BCUT2D eigenvalue weighted by atomic mass is 9.99. The molecule has 0 fully saturated rings. The van der Waals surface area contributed by atoms with Gasteiger partial charge in [0.2, 0.25) is 0 Å². The second-order valence-electron chi connectivity index (χ2n) is 6.18. The van der Waals surface area contributed by atoms with Crippen LogP contribution in [0.15, 0.2) is 90.1 Å². The van der Waals surface area contributed by atoms with Crippen molar-refractivity contribution in [1.29, 1.82) is 0 Å². The maximum Gasteiger partial charge on any atom is 0.269 e. The van der Waals surface area contributed by atoms with Crippen LogP contribution in [-0.4, -0.2) is 23.7 Å². The number of carbonyl (C=O) groups excluding carboxylic acids is 1. The highest BCUT2D eigenvalue weighted by molar-refractivity contribution is 5.80. The van der Waals surface area contributed by atoms with Crippen molar-refractivity contribution in [2.75, 3.05) is 6.61 Å². The molecule has 0 aliphatic carbocycles. The van der Waals surface area contributed by atoms with Gasteiger partial charge in [-0.15, -0.1) is 0 Å². The largest absolute Gasteiger partial charge is 0.386 e. The maximum atomic E-state index is 12.3. The highest BCUT2D eigenvalue weighted by Crippen LogP contribution is 2.21. The molecule has 0 heterocycles. The van der Waals surface area contributed by atoms with E-state index in [1.807, 2.05) is 60.7 Å². The number of non-ortho nitro benzene ring substituents is 1. The van der Waals surface area contributed by atoms with Gasteiger partial charge in [-0.1, -0.05) is 65.8 Å². The zero-order valence-corrected chi connectivity index (χ0v) is 15.5. The van der Waals surface area contributed by atoms with Crippen LogP contribution >= 0.6 is 0 Å². The minimum atomic E-state index is -0.475. The van der Waals surface area contributed by atoms with E-state index in [1.165, 1.54) is 18.3 Å². The van der Waals surface area contributed by atoms with Gasteiger partial charge in [0.1, 0.15) is 0 Å². The molecular formula is C22H19N3O4. The van der Waals surface area contributed by atoms with Crippen LogP contribution in [0, 0.1) is 10.1 Å². The lowest BCUT2D eigenvalue weighted by molar-refractivity contribution is -0.384. The van der Waals surface area contributed by atoms with Crippen molar-refractivity contribution in [1.82, 2.24) is 5.32 Å². The third-order valence-electron chi connectivity index (χ3n) is 4.15. The molecular weight excluding hydrogens is 370 g/mol. The molecule has 0 aliphatic heterocycles.